The van der Waals surface area contributed by atoms with Gasteiger partial charge in [0.2, 0.25) is 5.95 Å². The highest BCUT2D eigenvalue weighted by atomic mass is 16.5. The third-order valence-corrected chi connectivity index (χ3v) is 2.68. The second-order valence-corrected chi connectivity index (χ2v) is 4.17. The molecule has 0 aromatic carbocycles. The first-order chi connectivity index (χ1) is 8.60. The van der Waals surface area contributed by atoms with Crippen molar-refractivity contribution in [2.75, 3.05) is 12.3 Å². The lowest BCUT2D eigenvalue weighted by Gasteiger charge is -2.10. The summed E-state index contributed by atoms with van der Waals surface area (Å²) in [5, 5.41) is 0. The molecule has 0 bridgehead atoms. The molecule has 18 heavy (non-hydrogen) atoms. The number of hydrogen-bond acceptors (Lipinski definition) is 5. The molecule has 1 aromatic rings. The molecule has 2 N–H and O–H groups in total. The molecule has 100 valence electrons. The van der Waals surface area contributed by atoms with E-state index in [0.717, 1.165) is 25.7 Å². The smallest absolute Gasteiger partial charge is 0.341 e. The van der Waals surface area contributed by atoms with Crippen molar-refractivity contribution in [3.05, 3.63) is 17.0 Å². The molecule has 0 amide bonds. The van der Waals surface area contributed by atoms with Crippen molar-refractivity contribution in [3.63, 3.8) is 0 Å². The minimum atomic E-state index is -0.360. The normalized spacial score (nSPS) is 10.4. The number of hydrogen-bond donors (Lipinski definition) is 1. The Kier molecular flexibility index (Phi) is 5.55. The number of anilines is 1. The fourth-order valence-corrected chi connectivity index (χ4v) is 1.85. The van der Waals surface area contributed by atoms with Crippen LogP contribution in [0.1, 0.15) is 54.9 Å². The highest BCUT2D eigenvalue weighted by Gasteiger charge is 2.18. The van der Waals surface area contributed by atoms with Gasteiger partial charge in [-0.05, 0) is 26.7 Å². The maximum absolute atomic E-state index is 11.9. The summed E-state index contributed by atoms with van der Waals surface area (Å²) in [6, 6.07) is 0. The molecule has 5 heteroatoms. The minimum Gasteiger partial charge on any atom is -0.462 e. The molecule has 0 spiro atoms. The van der Waals surface area contributed by atoms with Crippen LogP contribution < -0.4 is 5.73 Å². The number of aromatic nitrogens is 2. The first-order valence-electron chi connectivity index (χ1n) is 6.40. The molecular weight excluding hydrogens is 230 g/mol. The van der Waals surface area contributed by atoms with Crippen molar-refractivity contribution in [3.8, 4) is 0 Å². The third kappa shape index (κ3) is 3.68. The molecular formula is C13H21N3O2. The van der Waals surface area contributed by atoms with Crippen LogP contribution in [0.15, 0.2) is 0 Å². The predicted octanol–water partition coefficient (Wildman–Crippen LogP) is 2.28. The topological polar surface area (TPSA) is 78.1 Å². The van der Waals surface area contributed by atoms with Crippen LogP contribution >= 0.6 is 0 Å². The average molecular weight is 251 g/mol. The van der Waals surface area contributed by atoms with Crippen molar-refractivity contribution in [1.82, 2.24) is 9.97 Å². The second kappa shape index (κ2) is 6.93. The van der Waals surface area contributed by atoms with Gasteiger partial charge in [0.1, 0.15) is 5.56 Å². The van der Waals surface area contributed by atoms with Crippen LogP contribution in [0.2, 0.25) is 0 Å². The Bertz CT molecular complexity index is 419. The number of nitrogens with zero attached hydrogens (tertiary/aromatic N) is 2. The molecule has 1 heterocycles. The van der Waals surface area contributed by atoms with Crippen molar-refractivity contribution in [2.45, 2.75) is 46.5 Å². The fraction of sp³-hybridized carbons (Fsp3) is 0.615. The van der Waals surface area contributed by atoms with E-state index < -0.39 is 0 Å². The molecule has 0 saturated heterocycles. The van der Waals surface area contributed by atoms with E-state index in [4.69, 9.17) is 10.5 Å². The van der Waals surface area contributed by atoms with Crippen molar-refractivity contribution < 1.29 is 9.53 Å². The maximum atomic E-state index is 11.9. The minimum absolute atomic E-state index is 0.215. The van der Waals surface area contributed by atoms with Gasteiger partial charge in [-0.25, -0.2) is 14.8 Å². The molecule has 0 atom stereocenters. The Morgan fingerprint density at radius 1 is 1.28 bits per heavy atom. The molecule has 0 saturated carbocycles. The number of ether oxygens (including phenoxy) is 1. The molecule has 0 aliphatic heterocycles. The van der Waals surface area contributed by atoms with Crippen LogP contribution in [0.5, 0.6) is 0 Å². The Labute approximate surface area is 108 Å². The fourth-order valence-electron chi connectivity index (χ4n) is 1.85. The Morgan fingerprint density at radius 3 is 2.61 bits per heavy atom. The first kappa shape index (κ1) is 14.4. The van der Waals surface area contributed by atoms with Gasteiger partial charge in [0.15, 0.2) is 0 Å². The number of aryl methyl sites for hydroxylation is 2. The van der Waals surface area contributed by atoms with E-state index >= 15 is 0 Å². The standard InChI is InChI=1S/C13H21N3O2/c1-4-6-7-8-10-11(12(17)18-5-2)9(3)15-13(14)16-10/h4-8H2,1-3H3,(H2,14,15,16). The molecule has 0 unspecified atom stereocenters. The Morgan fingerprint density at radius 2 is 2.00 bits per heavy atom. The van der Waals surface area contributed by atoms with E-state index in [1.165, 1.54) is 0 Å². The number of esters is 1. The van der Waals surface area contributed by atoms with Crippen molar-refractivity contribution in [2.24, 2.45) is 0 Å². The van der Waals surface area contributed by atoms with Crippen molar-refractivity contribution in [1.29, 1.82) is 0 Å². The van der Waals surface area contributed by atoms with Crippen LogP contribution in [-0.2, 0) is 11.2 Å². The number of carbonyl (C=O) groups excluding carboxylic acids is 1. The predicted molar refractivity (Wildman–Crippen MR) is 70.4 cm³/mol. The summed E-state index contributed by atoms with van der Waals surface area (Å²) in [4.78, 5) is 20.1. The second-order valence-electron chi connectivity index (χ2n) is 4.17. The van der Waals surface area contributed by atoms with Gasteiger partial charge in [-0.15, -0.1) is 0 Å². The SMILES string of the molecule is CCCCCc1nc(N)nc(C)c1C(=O)OCC. The first-order valence-corrected chi connectivity index (χ1v) is 6.40. The number of nitrogens with two attached hydrogens (primary N) is 1. The monoisotopic (exact) mass is 251 g/mol. The quantitative estimate of drug-likeness (QED) is 0.620. The Balaban J connectivity index is 3.00. The lowest BCUT2D eigenvalue weighted by Crippen LogP contribution is -2.15. The summed E-state index contributed by atoms with van der Waals surface area (Å²) < 4.78 is 5.04. The summed E-state index contributed by atoms with van der Waals surface area (Å²) in [6.45, 7) is 6.01. The molecule has 5 nitrogen and oxygen atoms in total. The maximum Gasteiger partial charge on any atom is 0.341 e. The van der Waals surface area contributed by atoms with E-state index in [-0.39, 0.29) is 11.9 Å². The third-order valence-electron chi connectivity index (χ3n) is 2.68. The van der Waals surface area contributed by atoms with Gasteiger partial charge in [0.25, 0.3) is 0 Å². The molecule has 0 radical (unpaired) electrons. The largest absolute Gasteiger partial charge is 0.462 e. The number of nitrogen functional groups attached to an aromatic ring is 1. The zero-order valence-electron chi connectivity index (χ0n) is 11.3. The molecule has 1 rings (SSSR count). The summed E-state index contributed by atoms with van der Waals surface area (Å²) in [7, 11) is 0. The van der Waals surface area contributed by atoms with E-state index in [0.29, 0.717) is 23.6 Å². The van der Waals surface area contributed by atoms with Gasteiger partial charge < -0.3 is 10.5 Å². The summed E-state index contributed by atoms with van der Waals surface area (Å²) >= 11 is 0. The van der Waals surface area contributed by atoms with Gasteiger partial charge in [-0.3, -0.25) is 0 Å². The van der Waals surface area contributed by atoms with Gasteiger partial charge in [-0.1, -0.05) is 19.8 Å². The lowest BCUT2D eigenvalue weighted by molar-refractivity contribution is 0.0523. The molecule has 0 fully saturated rings. The molecule has 0 aliphatic carbocycles. The van der Waals surface area contributed by atoms with Gasteiger partial charge >= 0.3 is 5.97 Å². The summed E-state index contributed by atoms with van der Waals surface area (Å²) in [5.74, 6) is -0.145. The van der Waals surface area contributed by atoms with Crippen LogP contribution in [0.25, 0.3) is 0 Å². The van der Waals surface area contributed by atoms with E-state index in [9.17, 15) is 4.79 Å². The van der Waals surface area contributed by atoms with E-state index in [1.54, 1.807) is 13.8 Å². The summed E-state index contributed by atoms with van der Waals surface area (Å²) in [5.41, 5.74) is 7.40. The average Bonchev–Trinajstić information content (AvgIpc) is 2.28. The zero-order valence-corrected chi connectivity index (χ0v) is 11.3. The van der Waals surface area contributed by atoms with Gasteiger partial charge in [0, 0.05) is 0 Å². The van der Waals surface area contributed by atoms with Crippen LogP contribution in [-0.4, -0.2) is 22.5 Å². The van der Waals surface area contributed by atoms with Crippen LogP contribution in [0, 0.1) is 6.92 Å². The molecule has 0 aliphatic rings. The van der Waals surface area contributed by atoms with Gasteiger partial charge in [-0.2, -0.15) is 0 Å². The number of unbranched alkanes of at least 4 members (excludes halogenated alkanes) is 2. The molecule has 1 aromatic heterocycles. The van der Waals surface area contributed by atoms with Gasteiger partial charge in [0.05, 0.1) is 18.0 Å². The zero-order chi connectivity index (χ0) is 13.5. The van der Waals surface area contributed by atoms with Crippen LogP contribution in [0.4, 0.5) is 5.95 Å². The Hall–Kier alpha value is -1.65. The summed E-state index contributed by atoms with van der Waals surface area (Å²) in [6.07, 6.45) is 3.94. The van der Waals surface area contributed by atoms with Crippen molar-refractivity contribution >= 4 is 11.9 Å². The highest BCUT2D eigenvalue weighted by Crippen LogP contribution is 2.16. The van der Waals surface area contributed by atoms with Crippen LogP contribution in [0.3, 0.4) is 0 Å². The lowest BCUT2D eigenvalue weighted by atomic mass is 10.1. The highest BCUT2D eigenvalue weighted by molar-refractivity contribution is 5.91. The van der Waals surface area contributed by atoms with E-state index in [2.05, 4.69) is 16.9 Å². The number of carbonyl (C=O) groups is 1. The number of rotatable bonds is 6. The van der Waals surface area contributed by atoms with E-state index in [1.807, 2.05) is 0 Å².